The number of non-ortho nitro benzene ring substituents is 1. The van der Waals surface area contributed by atoms with Crippen LogP contribution in [-0.2, 0) is 6.42 Å². The summed E-state index contributed by atoms with van der Waals surface area (Å²) in [6, 6.07) is 7.81. The molecule has 1 aromatic heterocycles. The Morgan fingerprint density at radius 1 is 1.40 bits per heavy atom. The van der Waals surface area contributed by atoms with Gasteiger partial charge in [0.1, 0.15) is 5.82 Å². The lowest BCUT2D eigenvalue weighted by Gasteiger charge is -2.09. The average Bonchev–Trinajstić information content (AvgIpc) is 2.81. The Bertz CT molecular complexity index is 752. The van der Waals surface area contributed by atoms with Crippen molar-refractivity contribution in [1.29, 1.82) is 0 Å². The third-order valence-electron chi connectivity index (χ3n) is 3.60. The maximum atomic E-state index is 12.1. The van der Waals surface area contributed by atoms with Gasteiger partial charge >= 0.3 is 0 Å². The number of aryl methyl sites for hydroxylation is 1. The topological polar surface area (TPSA) is 78.0 Å². The van der Waals surface area contributed by atoms with E-state index in [0.717, 1.165) is 18.7 Å². The van der Waals surface area contributed by atoms with Gasteiger partial charge in [0.05, 0.1) is 10.6 Å². The Morgan fingerprint density at radius 3 is 2.95 bits per heavy atom. The molecule has 1 aliphatic rings. The summed E-state index contributed by atoms with van der Waals surface area (Å²) in [5.41, 5.74) is 0.998. The summed E-state index contributed by atoms with van der Waals surface area (Å²) in [4.78, 5) is 26.9. The monoisotopic (exact) mass is 271 g/mol. The van der Waals surface area contributed by atoms with Crippen molar-refractivity contribution in [2.75, 3.05) is 0 Å². The van der Waals surface area contributed by atoms with Crippen molar-refractivity contribution in [1.82, 2.24) is 9.55 Å². The highest BCUT2D eigenvalue weighted by Crippen LogP contribution is 2.25. The molecule has 0 spiro atoms. The van der Waals surface area contributed by atoms with Gasteiger partial charge in [-0.25, -0.2) is 4.98 Å². The number of fused-ring (bicyclic) bond motifs is 1. The van der Waals surface area contributed by atoms with Crippen LogP contribution in [0.2, 0.25) is 0 Å². The summed E-state index contributed by atoms with van der Waals surface area (Å²) in [5.74, 6) is 0.756. The van der Waals surface area contributed by atoms with E-state index in [-0.39, 0.29) is 17.3 Å². The average molecular weight is 271 g/mol. The molecule has 0 aliphatic carbocycles. The van der Waals surface area contributed by atoms with Crippen LogP contribution in [0, 0.1) is 10.1 Å². The lowest BCUT2D eigenvalue weighted by atomic mass is 10.1. The zero-order valence-corrected chi connectivity index (χ0v) is 10.9. The van der Waals surface area contributed by atoms with Crippen LogP contribution < -0.4 is 5.56 Å². The molecular weight excluding hydrogens is 258 g/mol. The first-order chi connectivity index (χ1) is 9.56. The SMILES string of the molecule is C[C@H]1CCc2nc(-c3cccc([N+](=O)[O-])c3)cc(=O)n21. The van der Waals surface area contributed by atoms with E-state index in [2.05, 4.69) is 4.98 Å². The molecule has 0 amide bonds. The van der Waals surface area contributed by atoms with Gasteiger partial charge in [0.25, 0.3) is 11.2 Å². The summed E-state index contributed by atoms with van der Waals surface area (Å²) in [6.45, 7) is 1.99. The smallest absolute Gasteiger partial charge is 0.270 e. The molecule has 0 radical (unpaired) electrons. The van der Waals surface area contributed by atoms with Gasteiger partial charge < -0.3 is 0 Å². The maximum Gasteiger partial charge on any atom is 0.270 e. The first-order valence-corrected chi connectivity index (χ1v) is 6.43. The fourth-order valence-electron chi connectivity index (χ4n) is 2.58. The number of nitro benzene ring substituents is 1. The van der Waals surface area contributed by atoms with Gasteiger partial charge in [0.2, 0.25) is 0 Å². The Morgan fingerprint density at radius 2 is 2.20 bits per heavy atom. The molecule has 0 unspecified atom stereocenters. The van der Waals surface area contributed by atoms with Crippen molar-refractivity contribution >= 4 is 5.69 Å². The molecular formula is C14H13N3O3. The van der Waals surface area contributed by atoms with E-state index in [4.69, 9.17) is 0 Å². The molecule has 102 valence electrons. The molecule has 6 heteroatoms. The van der Waals surface area contributed by atoms with Crippen LogP contribution in [0.25, 0.3) is 11.3 Å². The van der Waals surface area contributed by atoms with E-state index in [0.29, 0.717) is 11.3 Å². The van der Waals surface area contributed by atoms with Crippen LogP contribution in [0.4, 0.5) is 5.69 Å². The second-order valence-corrected chi connectivity index (χ2v) is 4.96. The predicted octanol–water partition coefficient (Wildman–Crippen LogP) is 2.33. The van der Waals surface area contributed by atoms with Crippen molar-refractivity contribution < 1.29 is 4.92 Å². The molecule has 20 heavy (non-hydrogen) atoms. The number of hydrogen-bond acceptors (Lipinski definition) is 4. The highest BCUT2D eigenvalue weighted by molar-refractivity contribution is 5.62. The van der Waals surface area contributed by atoms with Gasteiger partial charge in [-0.15, -0.1) is 0 Å². The molecule has 0 fully saturated rings. The summed E-state index contributed by atoms with van der Waals surface area (Å²) < 4.78 is 1.70. The lowest BCUT2D eigenvalue weighted by molar-refractivity contribution is -0.384. The molecule has 0 bridgehead atoms. The number of benzene rings is 1. The second-order valence-electron chi connectivity index (χ2n) is 4.96. The molecule has 3 rings (SSSR count). The summed E-state index contributed by atoms with van der Waals surface area (Å²) in [6.07, 6.45) is 1.67. The van der Waals surface area contributed by atoms with Crippen LogP contribution in [0.1, 0.15) is 25.2 Å². The van der Waals surface area contributed by atoms with Gasteiger partial charge in [0, 0.05) is 36.2 Å². The largest absolute Gasteiger partial charge is 0.294 e. The van der Waals surface area contributed by atoms with E-state index in [9.17, 15) is 14.9 Å². The number of rotatable bonds is 2. The summed E-state index contributed by atoms with van der Waals surface area (Å²) >= 11 is 0. The zero-order chi connectivity index (χ0) is 14.3. The van der Waals surface area contributed by atoms with E-state index in [1.165, 1.54) is 18.2 Å². The van der Waals surface area contributed by atoms with Crippen LogP contribution in [-0.4, -0.2) is 14.5 Å². The first-order valence-electron chi connectivity index (χ1n) is 6.43. The van der Waals surface area contributed by atoms with Crippen LogP contribution >= 0.6 is 0 Å². The van der Waals surface area contributed by atoms with Crippen molar-refractivity contribution in [3.8, 4) is 11.3 Å². The molecule has 0 saturated heterocycles. The number of nitrogens with zero attached hydrogens (tertiary/aromatic N) is 3. The minimum absolute atomic E-state index is 0.00160. The number of hydrogen-bond donors (Lipinski definition) is 0. The predicted molar refractivity (Wildman–Crippen MR) is 73.6 cm³/mol. The van der Waals surface area contributed by atoms with Gasteiger partial charge in [-0.2, -0.15) is 0 Å². The molecule has 0 saturated carbocycles. The van der Waals surface area contributed by atoms with Crippen molar-refractivity contribution in [3.05, 3.63) is 56.6 Å². The molecule has 1 atom stereocenters. The number of aromatic nitrogens is 2. The van der Waals surface area contributed by atoms with Gasteiger partial charge in [-0.3, -0.25) is 19.5 Å². The summed E-state index contributed by atoms with van der Waals surface area (Å²) in [7, 11) is 0. The van der Waals surface area contributed by atoms with Gasteiger partial charge in [0.15, 0.2) is 0 Å². The highest BCUT2D eigenvalue weighted by atomic mass is 16.6. The quantitative estimate of drug-likeness (QED) is 0.620. The highest BCUT2D eigenvalue weighted by Gasteiger charge is 2.21. The lowest BCUT2D eigenvalue weighted by Crippen LogP contribution is -2.22. The Labute approximate surface area is 114 Å². The third-order valence-corrected chi connectivity index (χ3v) is 3.60. The fourth-order valence-corrected chi connectivity index (χ4v) is 2.58. The fraction of sp³-hybridized carbons (Fsp3) is 0.286. The van der Waals surface area contributed by atoms with E-state index in [1.807, 2.05) is 6.92 Å². The third kappa shape index (κ3) is 1.99. The van der Waals surface area contributed by atoms with Crippen LogP contribution in [0.5, 0.6) is 0 Å². The number of nitro groups is 1. The van der Waals surface area contributed by atoms with E-state index < -0.39 is 4.92 Å². The Balaban J connectivity index is 2.12. The Hall–Kier alpha value is -2.50. The minimum atomic E-state index is -0.453. The molecule has 1 aliphatic heterocycles. The van der Waals surface area contributed by atoms with Crippen LogP contribution in [0.3, 0.4) is 0 Å². The molecule has 2 heterocycles. The van der Waals surface area contributed by atoms with Crippen molar-refractivity contribution in [3.63, 3.8) is 0 Å². The normalized spacial score (nSPS) is 16.9. The van der Waals surface area contributed by atoms with E-state index in [1.54, 1.807) is 16.7 Å². The summed E-state index contributed by atoms with van der Waals surface area (Å²) in [5, 5.41) is 10.8. The van der Waals surface area contributed by atoms with Crippen LogP contribution in [0.15, 0.2) is 35.1 Å². The molecule has 1 aromatic carbocycles. The standard InChI is InChI=1S/C14H13N3O3/c1-9-5-6-13-15-12(8-14(18)16(9)13)10-3-2-4-11(7-10)17(19)20/h2-4,7-9H,5-6H2,1H3/t9-/m0/s1. The first kappa shape index (κ1) is 12.5. The van der Waals surface area contributed by atoms with Gasteiger partial charge in [-0.1, -0.05) is 12.1 Å². The second kappa shape index (κ2) is 4.56. The van der Waals surface area contributed by atoms with E-state index >= 15 is 0 Å². The molecule has 0 N–H and O–H groups in total. The van der Waals surface area contributed by atoms with Crippen molar-refractivity contribution in [2.24, 2.45) is 0 Å². The Kier molecular flexibility index (Phi) is 2.85. The van der Waals surface area contributed by atoms with Gasteiger partial charge in [-0.05, 0) is 13.3 Å². The van der Waals surface area contributed by atoms with Crippen molar-refractivity contribution in [2.45, 2.75) is 25.8 Å². The zero-order valence-electron chi connectivity index (χ0n) is 10.9. The molecule has 2 aromatic rings. The minimum Gasteiger partial charge on any atom is -0.294 e. The maximum absolute atomic E-state index is 12.1. The molecule has 6 nitrogen and oxygen atoms in total.